The number of hydrogen-bond acceptors (Lipinski definition) is 6. The van der Waals surface area contributed by atoms with E-state index in [-0.39, 0.29) is 10.3 Å². The third-order valence-electron chi connectivity index (χ3n) is 6.60. The van der Waals surface area contributed by atoms with Crippen molar-refractivity contribution in [3.8, 4) is 10.6 Å². The van der Waals surface area contributed by atoms with Crippen molar-refractivity contribution in [1.82, 2.24) is 9.97 Å². The summed E-state index contributed by atoms with van der Waals surface area (Å²) in [6, 6.07) is 18.9. The SMILES string of the molecule is CCC(C)(C)c1nc2ccc(S(=O)(=O)c3ccc4nc(-c5cccc(C(C)C)c5)sc4c3)cc2s1. The van der Waals surface area contributed by atoms with Gasteiger partial charge in [-0.1, -0.05) is 52.8 Å². The number of benzene rings is 3. The molecule has 7 heteroatoms. The van der Waals surface area contributed by atoms with E-state index in [0.717, 1.165) is 42.4 Å². The van der Waals surface area contributed by atoms with Gasteiger partial charge in [-0.3, -0.25) is 0 Å². The quantitative estimate of drug-likeness (QED) is 0.226. The fourth-order valence-corrected chi connectivity index (χ4v) is 7.52. The molecule has 0 unspecified atom stereocenters. The molecule has 2 aromatic heterocycles. The highest BCUT2D eigenvalue weighted by Crippen LogP contribution is 2.37. The van der Waals surface area contributed by atoms with Crippen LogP contribution >= 0.6 is 22.7 Å². The molecular weight excluding hydrogens is 493 g/mol. The van der Waals surface area contributed by atoms with Crippen LogP contribution in [0, 0.1) is 0 Å². The molecule has 0 N–H and O–H groups in total. The minimum absolute atomic E-state index is 0.0354. The van der Waals surface area contributed by atoms with Crippen LogP contribution < -0.4 is 0 Å². The second kappa shape index (κ2) is 8.80. The number of fused-ring (bicyclic) bond motifs is 2. The molecule has 0 saturated carbocycles. The summed E-state index contributed by atoms with van der Waals surface area (Å²) < 4.78 is 28.9. The lowest BCUT2D eigenvalue weighted by Crippen LogP contribution is -2.14. The molecular formula is C28H28N2O2S3. The Labute approximate surface area is 214 Å². The van der Waals surface area contributed by atoms with Crippen LogP contribution in [0.2, 0.25) is 0 Å². The van der Waals surface area contributed by atoms with Gasteiger partial charge >= 0.3 is 0 Å². The third-order valence-corrected chi connectivity index (χ3v) is 10.8. The second-order valence-corrected chi connectivity index (χ2v) is 13.8. The number of thiazole rings is 2. The van der Waals surface area contributed by atoms with Crippen LogP contribution in [0.4, 0.5) is 0 Å². The van der Waals surface area contributed by atoms with E-state index < -0.39 is 9.84 Å². The van der Waals surface area contributed by atoms with Crippen LogP contribution in [0.25, 0.3) is 31.0 Å². The van der Waals surface area contributed by atoms with E-state index >= 15 is 0 Å². The topological polar surface area (TPSA) is 59.9 Å². The van der Waals surface area contributed by atoms with Gasteiger partial charge in [-0.05, 0) is 60.4 Å². The van der Waals surface area contributed by atoms with Gasteiger partial charge in [0, 0.05) is 11.0 Å². The first kappa shape index (κ1) is 24.1. The average molecular weight is 521 g/mol. The first-order chi connectivity index (χ1) is 16.6. The van der Waals surface area contributed by atoms with Crippen molar-refractivity contribution >= 4 is 52.9 Å². The van der Waals surface area contributed by atoms with Gasteiger partial charge in [0.05, 0.1) is 35.2 Å². The molecule has 0 atom stereocenters. The number of nitrogens with zero attached hydrogens (tertiary/aromatic N) is 2. The summed E-state index contributed by atoms with van der Waals surface area (Å²) in [5.74, 6) is 0.432. The molecule has 0 amide bonds. The van der Waals surface area contributed by atoms with Crippen molar-refractivity contribution in [2.24, 2.45) is 0 Å². The molecule has 2 heterocycles. The van der Waals surface area contributed by atoms with Gasteiger partial charge < -0.3 is 0 Å². The Morgan fingerprint density at radius 3 is 2.11 bits per heavy atom. The van der Waals surface area contributed by atoms with Gasteiger partial charge in [0.15, 0.2) is 0 Å². The smallest absolute Gasteiger partial charge is 0.206 e. The Morgan fingerprint density at radius 1 is 0.857 bits per heavy atom. The van der Waals surface area contributed by atoms with Crippen molar-refractivity contribution in [3.05, 3.63) is 71.2 Å². The Balaban J connectivity index is 1.53. The Kier molecular flexibility index (Phi) is 6.06. The fraction of sp³-hybridized carbons (Fsp3) is 0.286. The summed E-state index contributed by atoms with van der Waals surface area (Å²) >= 11 is 3.10. The van der Waals surface area contributed by atoms with E-state index in [1.807, 2.05) is 12.1 Å². The lowest BCUT2D eigenvalue weighted by molar-refractivity contribution is 0.504. The van der Waals surface area contributed by atoms with Gasteiger partial charge in [-0.2, -0.15) is 0 Å². The summed E-state index contributed by atoms with van der Waals surface area (Å²) in [5.41, 5.74) is 3.93. The second-order valence-electron chi connectivity index (χ2n) is 9.82. The van der Waals surface area contributed by atoms with E-state index in [1.54, 1.807) is 35.6 Å². The monoisotopic (exact) mass is 520 g/mol. The summed E-state index contributed by atoms with van der Waals surface area (Å²) in [6.07, 6.45) is 0.969. The fourth-order valence-electron chi connectivity index (χ4n) is 3.88. The minimum atomic E-state index is -3.67. The minimum Gasteiger partial charge on any atom is -0.241 e. The molecule has 0 aliphatic carbocycles. The Bertz CT molecular complexity index is 1660. The molecule has 0 spiro atoms. The molecule has 5 rings (SSSR count). The number of sulfone groups is 1. The first-order valence-corrected chi connectivity index (χ1v) is 14.9. The lowest BCUT2D eigenvalue weighted by atomic mass is 9.91. The number of hydrogen-bond donors (Lipinski definition) is 0. The molecule has 0 aliphatic rings. The maximum atomic E-state index is 13.5. The molecule has 5 aromatic rings. The number of aromatic nitrogens is 2. The average Bonchev–Trinajstić information content (AvgIpc) is 3.48. The van der Waals surface area contributed by atoms with Crippen LogP contribution in [0.15, 0.2) is 70.5 Å². The van der Waals surface area contributed by atoms with E-state index in [9.17, 15) is 8.42 Å². The highest BCUT2D eigenvalue weighted by atomic mass is 32.2. The predicted octanol–water partition coefficient (Wildman–Crippen LogP) is 8.22. The summed E-state index contributed by atoms with van der Waals surface area (Å²) in [6.45, 7) is 10.8. The first-order valence-electron chi connectivity index (χ1n) is 11.8. The molecule has 180 valence electrons. The zero-order valence-corrected chi connectivity index (χ0v) is 22.9. The Hall–Kier alpha value is -2.61. The van der Waals surface area contributed by atoms with E-state index in [0.29, 0.717) is 10.8 Å². The molecule has 0 saturated heterocycles. The molecule has 3 aromatic carbocycles. The largest absolute Gasteiger partial charge is 0.241 e. The number of rotatable bonds is 6. The van der Waals surface area contributed by atoms with Crippen molar-refractivity contribution in [1.29, 1.82) is 0 Å². The standard InChI is InChI=1S/C28H28N2O2S3/c1-6-28(4,5)27-30-23-13-11-21(16-25(23)34-27)35(31,32)20-10-12-22-24(15-20)33-26(29-22)19-9-7-8-18(14-19)17(2)3/h7-17H,6H2,1-5H3. The van der Waals surface area contributed by atoms with Crippen molar-refractivity contribution < 1.29 is 8.42 Å². The van der Waals surface area contributed by atoms with Crippen LogP contribution in [0.3, 0.4) is 0 Å². The van der Waals surface area contributed by atoms with Gasteiger partial charge in [-0.25, -0.2) is 18.4 Å². The normalized spacial score (nSPS) is 12.7. The van der Waals surface area contributed by atoms with Gasteiger partial charge in [0.25, 0.3) is 0 Å². The zero-order valence-electron chi connectivity index (χ0n) is 20.5. The lowest BCUT2D eigenvalue weighted by Gasteiger charge is -2.18. The van der Waals surface area contributed by atoms with Crippen LogP contribution in [0.5, 0.6) is 0 Å². The predicted molar refractivity (Wildman–Crippen MR) is 148 cm³/mol. The summed E-state index contributed by atoms with van der Waals surface area (Å²) in [5, 5.41) is 1.93. The third kappa shape index (κ3) is 4.41. The van der Waals surface area contributed by atoms with Crippen molar-refractivity contribution in [2.75, 3.05) is 0 Å². The maximum Gasteiger partial charge on any atom is 0.206 e. The summed E-state index contributed by atoms with van der Waals surface area (Å²) in [4.78, 5) is 10.1. The van der Waals surface area contributed by atoms with E-state index in [2.05, 4.69) is 58.9 Å². The van der Waals surface area contributed by atoms with Crippen LogP contribution in [-0.2, 0) is 15.3 Å². The van der Waals surface area contributed by atoms with Gasteiger partial charge in [-0.15, -0.1) is 22.7 Å². The van der Waals surface area contributed by atoms with Crippen LogP contribution in [0.1, 0.15) is 57.5 Å². The van der Waals surface area contributed by atoms with Crippen LogP contribution in [-0.4, -0.2) is 18.4 Å². The molecule has 0 fully saturated rings. The Morgan fingerprint density at radius 2 is 1.49 bits per heavy atom. The molecule has 0 radical (unpaired) electrons. The van der Waals surface area contributed by atoms with Crippen molar-refractivity contribution in [3.63, 3.8) is 0 Å². The molecule has 4 nitrogen and oxygen atoms in total. The highest BCUT2D eigenvalue weighted by Gasteiger charge is 2.24. The van der Waals surface area contributed by atoms with Crippen molar-refractivity contribution in [2.45, 2.75) is 62.2 Å². The van der Waals surface area contributed by atoms with E-state index in [4.69, 9.17) is 9.97 Å². The summed E-state index contributed by atoms with van der Waals surface area (Å²) in [7, 11) is -3.67. The molecule has 0 bridgehead atoms. The van der Waals surface area contributed by atoms with E-state index in [1.165, 1.54) is 16.9 Å². The zero-order chi connectivity index (χ0) is 25.0. The highest BCUT2D eigenvalue weighted by molar-refractivity contribution is 7.91. The molecule has 0 aliphatic heterocycles. The molecule has 35 heavy (non-hydrogen) atoms. The maximum absolute atomic E-state index is 13.5. The van der Waals surface area contributed by atoms with Gasteiger partial charge in [0.1, 0.15) is 5.01 Å². The van der Waals surface area contributed by atoms with Gasteiger partial charge in [0.2, 0.25) is 9.84 Å².